The van der Waals surface area contributed by atoms with Crippen LogP contribution in [0.15, 0.2) is 167 Å². The average Bonchev–Trinajstić information content (AvgIpc) is 3.87. The van der Waals surface area contributed by atoms with Crippen LogP contribution in [0.1, 0.15) is 57.4 Å². The Morgan fingerprint density at radius 1 is 0.660 bits per heavy atom. The van der Waals surface area contributed by atoms with Gasteiger partial charge in [-0.2, -0.15) is 0 Å². The largest absolute Gasteiger partial charge is 0.344 e. The van der Waals surface area contributed by atoms with E-state index in [0.29, 0.717) is 5.92 Å². The topological polar surface area (TPSA) is 36.8 Å². The third kappa shape index (κ3) is 4.89. The molecule has 0 fully saturated rings. The molecule has 6 aromatic rings. The molecule has 1 N–H and O–H groups in total. The smallest absolute Gasteiger partial charge is 0.159 e. The Bertz CT molecular complexity index is 2480. The molecule has 0 saturated heterocycles. The number of benzene rings is 6. The van der Waals surface area contributed by atoms with Crippen molar-refractivity contribution in [1.29, 1.82) is 0 Å². The zero-order valence-corrected chi connectivity index (χ0v) is 27.7. The highest BCUT2D eigenvalue weighted by Gasteiger charge is 2.28. The van der Waals surface area contributed by atoms with Gasteiger partial charge in [0.1, 0.15) is 12.0 Å². The number of nitrogens with one attached hydrogen (secondary N) is 1. The third-order valence-corrected chi connectivity index (χ3v) is 10.7. The Balaban J connectivity index is 1.05. The standard InChI is InChI=1S/C47H35N3/c1-2-12-32(13-3-1)45-48-46(33-14-5-6-15-33)50-47(49-45)34-24-22-31(23-25-34)41-29-43-42(40-19-9-8-18-39(40)41)28-37-17-10-20-38(44(37)43)36-26-21-30-11-4-7-16-35(30)27-36/h1-5,7-26,29,36,45H,6,27-28H2,(H,48,49,50). The lowest BCUT2D eigenvalue weighted by molar-refractivity contribution is 0.674. The van der Waals surface area contributed by atoms with Gasteiger partial charge in [0, 0.05) is 17.1 Å². The zero-order chi connectivity index (χ0) is 33.0. The molecule has 10 rings (SSSR count). The van der Waals surface area contributed by atoms with Gasteiger partial charge < -0.3 is 5.32 Å². The van der Waals surface area contributed by atoms with Crippen LogP contribution in [0.4, 0.5) is 0 Å². The summed E-state index contributed by atoms with van der Waals surface area (Å²) in [6, 6.07) is 46.5. The molecular formula is C47H35N3. The van der Waals surface area contributed by atoms with E-state index in [2.05, 4.69) is 157 Å². The van der Waals surface area contributed by atoms with Crippen molar-refractivity contribution in [2.75, 3.05) is 0 Å². The molecule has 1 aliphatic heterocycles. The molecule has 3 nitrogen and oxygen atoms in total. The summed E-state index contributed by atoms with van der Waals surface area (Å²) in [5, 5.41) is 6.27. The summed E-state index contributed by atoms with van der Waals surface area (Å²) in [6.07, 6.45) is 13.9. The quantitative estimate of drug-likeness (QED) is 0.199. The summed E-state index contributed by atoms with van der Waals surface area (Å²) in [5.41, 5.74) is 15.6. The minimum absolute atomic E-state index is 0.198. The molecule has 3 heteroatoms. The van der Waals surface area contributed by atoms with E-state index in [-0.39, 0.29) is 6.17 Å². The second kappa shape index (κ2) is 11.8. The first-order chi connectivity index (χ1) is 24.8. The second-order valence-corrected chi connectivity index (χ2v) is 13.7. The van der Waals surface area contributed by atoms with Crippen LogP contribution in [-0.4, -0.2) is 11.7 Å². The fourth-order valence-electron chi connectivity index (χ4n) is 8.27. The highest BCUT2D eigenvalue weighted by atomic mass is 15.2. The summed E-state index contributed by atoms with van der Waals surface area (Å²) < 4.78 is 0. The monoisotopic (exact) mass is 641 g/mol. The van der Waals surface area contributed by atoms with Crippen molar-refractivity contribution in [3.05, 3.63) is 196 Å². The maximum absolute atomic E-state index is 5.03. The lowest BCUT2D eigenvalue weighted by Crippen LogP contribution is -2.33. The maximum Gasteiger partial charge on any atom is 0.159 e. The highest BCUT2D eigenvalue weighted by molar-refractivity contribution is 6.14. The first-order valence-corrected chi connectivity index (χ1v) is 17.7. The highest BCUT2D eigenvalue weighted by Crippen LogP contribution is 2.48. The van der Waals surface area contributed by atoms with E-state index in [0.717, 1.165) is 47.6 Å². The molecule has 0 amide bonds. The van der Waals surface area contributed by atoms with Crippen molar-refractivity contribution in [2.45, 2.75) is 31.3 Å². The molecule has 2 unspecified atom stereocenters. The van der Waals surface area contributed by atoms with Gasteiger partial charge in [-0.3, -0.25) is 0 Å². The van der Waals surface area contributed by atoms with E-state index in [4.69, 9.17) is 9.98 Å². The van der Waals surface area contributed by atoms with Crippen molar-refractivity contribution in [3.8, 4) is 22.3 Å². The summed E-state index contributed by atoms with van der Waals surface area (Å²) in [7, 11) is 0. The van der Waals surface area contributed by atoms with Gasteiger partial charge in [-0.1, -0.05) is 152 Å². The third-order valence-electron chi connectivity index (χ3n) is 10.7. The number of rotatable bonds is 5. The predicted molar refractivity (Wildman–Crippen MR) is 208 cm³/mol. The van der Waals surface area contributed by atoms with Crippen LogP contribution in [0.5, 0.6) is 0 Å². The van der Waals surface area contributed by atoms with Crippen molar-refractivity contribution < 1.29 is 0 Å². The van der Waals surface area contributed by atoms with Crippen molar-refractivity contribution >= 4 is 28.5 Å². The van der Waals surface area contributed by atoms with Crippen LogP contribution < -0.4 is 5.32 Å². The number of nitrogens with zero attached hydrogens (tertiary/aromatic N) is 2. The van der Waals surface area contributed by atoms with Crippen LogP contribution in [-0.2, 0) is 12.8 Å². The number of hydrogen-bond donors (Lipinski definition) is 1. The lowest BCUT2D eigenvalue weighted by Gasteiger charge is -2.24. The number of allylic oxidation sites excluding steroid dienone is 3. The minimum Gasteiger partial charge on any atom is -0.344 e. The van der Waals surface area contributed by atoms with Crippen LogP contribution in [0.2, 0.25) is 0 Å². The molecule has 6 aromatic carbocycles. The van der Waals surface area contributed by atoms with Gasteiger partial charge >= 0.3 is 0 Å². The first-order valence-electron chi connectivity index (χ1n) is 17.7. The lowest BCUT2D eigenvalue weighted by atomic mass is 9.81. The minimum atomic E-state index is -0.198. The summed E-state index contributed by atoms with van der Waals surface area (Å²) >= 11 is 0. The molecule has 50 heavy (non-hydrogen) atoms. The number of amidine groups is 2. The Labute approximate surface area is 292 Å². The molecule has 2 atom stereocenters. The summed E-state index contributed by atoms with van der Waals surface area (Å²) in [4.78, 5) is 10.0. The Kier molecular flexibility index (Phi) is 6.83. The van der Waals surface area contributed by atoms with Crippen molar-refractivity contribution in [3.63, 3.8) is 0 Å². The van der Waals surface area contributed by atoms with E-state index in [1.807, 2.05) is 6.07 Å². The maximum atomic E-state index is 5.03. The fraction of sp³-hybridized carbons (Fsp3) is 0.106. The molecule has 1 heterocycles. The second-order valence-electron chi connectivity index (χ2n) is 13.7. The molecule has 0 aromatic heterocycles. The fourth-order valence-corrected chi connectivity index (χ4v) is 8.27. The molecule has 0 spiro atoms. The van der Waals surface area contributed by atoms with Crippen LogP contribution >= 0.6 is 0 Å². The SMILES string of the molecule is C1=CC(C2=NC(c3ccccc3)NC(c3ccc(-c4cc5c(c6ccccc46)Cc4cccc(C6C=Cc7ccccc7C6)c4-5)cc3)=N2)=CC1. The number of fused-ring (bicyclic) bond motifs is 6. The molecule has 238 valence electrons. The summed E-state index contributed by atoms with van der Waals surface area (Å²) in [5.74, 6) is 1.98. The van der Waals surface area contributed by atoms with Gasteiger partial charge in [0.2, 0.25) is 0 Å². The predicted octanol–water partition coefficient (Wildman–Crippen LogP) is 10.8. The van der Waals surface area contributed by atoms with Gasteiger partial charge in [-0.15, -0.1) is 0 Å². The first kappa shape index (κ1) is 28.9. The van der Waals surface area contributed by atoms with Crippen molar-refractivity contribution in [2.24, 2.45) is 9.98 Å². The van der Waals surface area contributed by atoms with Crippen molar-refractivity contribution in [1.82, 2.24) is 5.32 Å². The Morgan fingerprint density at radius 2 is 1.44 bits per heavy atom. The Morgan fingerprint density at radius 3 is 2.30 bits per heavy atom. The van der Waals surface area contributed by atoms with Gasteiger partial charge in [-0.25, -0.2) is 9.98 Å². The van der Waals surface area contributed by atoms with Gasteiger partial charge in [0.25, 0.3) is 0 Å². The van der Waals surface area contributed by atoms with E-state index < -0.39 is 0 Å². The van der Waals surface area contributed by atoms with E-state index >= 15 is 0 Å². The van der Waals surface area contributed by atoms with E-state index in [1.165, 1.54) is 60.8 Å². The molecule has 0 bridgehead atoms. The van der Waals surface area contributed by atoms with Gasteiger partial charge in [0.15, 0.2) is 5.84 Å². The molecular weight excluding hydrogens is 607 g/mol. The zero-order valence-electron chi connectivity index (χ0n) is 27.7. The van der Waals surface area contributed by atoms with Crippen LogP contribution in [0, 0.1) is 0 Å². The normalized spacial score (nSPS) is 18.5. The van der Waals surface area contributed by atoms with Gasteiger partial charge in [0.05, 0.1) is 0 Å². The molecule has 3 aliphatic carbocycles. The molecule has 4 aliphatic rings. The van der Waals surface area contributed by atoms with E-state index in [1.54, 1.807) is 0 Å². The van der Waals surface area contributed by atoms with Crippen LogP contribution in [0.25, 0.3) is 39.1 Å². The van der Waals surface area contributed by atoms with Crippen LogP contribution in [0.3, 0.4) is 0 Å². The molecule has 0 saturated carbocycles. The van der Waals surface area contributed by atoms with Gasteiger partial charge in [-0.05, 0) is 91.7 Å². The van der Waals surface area contributed by atoms with E-state index in [9.17, 15) is 0 Å². The average molecular weight is 642 g/mol. The summed E-state index contributed by atoms with van der Waals surface area (Å²) in [6.45, 7) is 0. The number of hydrogen-bond acceptors (Lipinski definition) is 3. The Hall–Kier alpha value is -6.06. The number of aliphatic imine (C=N–C) groups is 2. The molecule has 0 radical (unpaired) electrons.